The standard InChI is InChI=1S/C18H19BrN2O4/c1-3-12-6-4-5-7-15(12)25-10-16(22)20-21-18(24)13-8-11(2)9-14(19)17(13)23/h4-9,23H,3,10H2,1-2H3,(H,20,22)(H,21,24). The maximum Gasteiger partial charge on any atom is 0.276 e. The third-order valence-corrected chi connectivity index (χ3v) is 4.08. The molecule has 0 atom stereocenters. The molecule has 0 fully saturated rings. The van der Waals surface area contributed by atoms with Crippen LogP contribution in [0.3, 0.4) is 0 Å². The summed E-state index contributed by atoms with van der Waals surface area (Å²) in [6.07, 6.45) is 0.788. The molecule has 2 rings (SSSR count). The lowest BCUT2D eigenvalue weighted by Crippen LogP contribution is -2.43. The summed E-state index contributed by atoms with van der Waals surface area (Å²) in [5.41, 5.74) is 6.37. The molecule has 3 N–H and O–H groups in total. The van der Waals surface area contributed by atoms with Gasteiger partial charge in [-0.2, -0.15) is 0 Å². The fourth-order valence-electron chi connectivity index (χ4n) is 2.22. The van der Waals surface area contributed by atoms with Crippen molar-refractivity contribution in [3.63, 3.8) is 0 Å². The van der Waals surface area contributed by atoms with Crippen molar-refractivity contribution in [1.29, 1.82) is 0 Å². The average molecular weight is 407 g/mol. The Balaban J connectivity index is 1.91. The molecule has 0 saturated carbocycles. The quantitative estimate of drug-likeness (QED) is 0.666. The summed E-state index contributed by atoms with van der Waals surface area (Å²) in [4.78, 5) is 23.9. The first-order valence-electron chi connectivity index (χ1n) is 7.71. The van der Waals surface area contributed by atoms with Gasteiger partial charge in [-0.25, -0.2) is 0 Å². The summed E-state index contributed by atoms with van der Waals surface area (Å²) >= 11 is 3.17. The molecule has 2 amide bonds. The Morgan fingerprint density at radius 1 is 1.20 bits per heavy atom. The number of carbonyl (C=O) groups excluding carboxylic acids is 2. The first-order chi connectivity index (χ1) is 11.9. The van der Waals surface area contributed by atoms with Crippen LogP contribution in [-0.4, -0.2) is 23.5 Å². The van der Waals surface area contributed by atoms with Gasteiger partial charge in [0.2, 0.25) is 0 Å². The number of phenolic OH excluding ortho intramolecular Hbond substituents is 1. The molecule has 132 valence electrons. The summed E-state index contributed by atoms with van der Waals surface area (Å²) in [5.74, 6) is -0.688. The average Bonchev–Trinajstić information content (AvgIpc) is 2.61. The number of hydrazine groups is 1. The first-order valence-corrected chi connectivity index (χ1v) is 8.50. The van der Waals surface area contributed by atoms with E-state index in [1.165, 1.54) is 6.07 Å². The second kappa shape index (κ2) is 8.53. The molecule has 7 heteroatoms. The number of hydrogen-bond acceptors (Lipinski definition) is 4. The summed E-state index contributed by atoms with van der Waals surface area (Å²) in [7, 11) is 0. The molecule has 0 aromatic heterocycles. The van der Waals surface area contributed by atoms with Gasteiger partial charge in [-0.3, -0.25) is 20.4 Å². The third-order valence-electron chi connectivity index (χ3n) is 3.48. The number of halogens is 1. The van der Waals surface area contributed by atoms with E-state index in [4.69, 9.17) is 4.74 Å². The Labute approximate surface area is 154 Å². The van der Waals surface area contributed by atoms with Gasteiger partial charge in [0.15, 0.2) is 6.61 Å². The van der Waals surface area contributed by atoms with Crippen molar-refractivity contribution in [3.8, 4) is 11.5 Å². The van der Waals surface area contributed by atoms with Gasteiger partial charge < -0.3 is 9.84 Å². The lowest BCUT2D eigenvalue weighted by molar-refractivity contribution is -0.123. The van der Waals surface area contributed by atoms with E-state index in [2.05, 4.69) is 26.8 Å². The van der Waals surface area contributed by atoms with E-state index in [-0.39, 0.29) is 17.9 Å². The van der Waals surface area contributed by atoms with Crippen molar-refractivity contribution in [2.75, 3.05) is 6.61 Å². The first kappa shape index (κ1) is 18.8. The second-order valence-electron chi connectivity index (χ2n) is 5.40. The lowest BCUT2D eigenvalue weighted by Gasteiger charge is -2.12. The number of carbonyl (C=O) groups is 2. The van der Waals surface area contributed by atoms with Crippen LogP contribution in [0.2, 0.25) is 0 Å². The topological polar surface area (TPSA) is 87.7 Å². The molecule has 0 bridgehead atoms. The zero-order valence-corrected chi connectivity index (χ0v) is 15.5. The van der Waals surface area contributed by atoms with Crippen LogP contribution in [0.25, 0.3) is 0 Å². The maximum atomic E-state index is 12.1. The van der Waals surface area contributed by atoms with Crippen molar-refractivity contribution in [2.24, 2.45) is 0 Å². The maximum absolute atomic E-state index is 12.1. The van der Waals surface area contributed by atoms with Crippen LogP contribution in [0.4, 0.5) is 0 Å². The van der Waals surface area contributed by atoms with E-state index >= 15 is 0 Å². The Morgan fingerprint density at radius 3 is 2.64 bits per heavy atom. The number of aryl methyl sites for hydroxylation is 2. The van der Waals surface area contributed by atoms with Gasteiger partial charge in [-0.05, 0) is 58.6 Å². The summed E-state index contributed by atoms with van der Waals surface area (Å²) in [6.45, 7) is 3.55. The molecule has 2 aromatic carbocycles. The summed E-state index contributed by atoms with van der Waals surface area (Å²) in [6, 6.07) is 10.6. The number of phenols is 1. The van der Waals surface area contributed by atoms with E-state index in [1.54, 1.807) is 19.1 Å². The molecule has 0 saturated heterocycles. The van der Waals surface area contributed by atoms with Gasteiger partial charge in [0.1, 0.15) is 11.5 Å². The van der Waals surface area contributed by atoms with Gasteiger partial charge >= 0.3 is 0 Å². The van der Waals surface area contributed by atoms with Crippen LogP contribution >= 0.6 is 15.9 Å². The summed E-state index contributed by atoms with van der Waals surface area (Å²) < 4.78 is 5.88. The highest BCUT2D eigenvalue weighted by molar-refractivity contribution is 9.10. The molecule has 0 aliphatic rings. The van der Waals surface area contributed by atoms with E-state index in [0.29, 0.717) is 10.2 Å². The van der Waals surface area contributed by atoms with Gasteiger partial charge in [0.05, 0.1) is 10.0 Å². The summed E-state index contributed by atoms with van der Waals surface area (Å²) in [5, 5.41) is 9.92. The molecule has 0 spiro atoms. The van der Waals surface area contributed by atoms with Crippen LogP contribution in [0, 0.1) is 6.92 Å². The highest BCUT2D eigenvalue weighted by Gasteiger charge is 2.15. The molecule has 25 heavy (non-hydrogen) atoms. The predicted molar refractivity (Wildman–Crippen MR) is 97.5 cm³/mol. The van der Waals surface area contributed by atoms with Gasteiger partial charge in [-0.15, -0.1) is 0 Å². The number of amides is 2. The molecular formula is C18H19BrN2O4. The van der Waals surface area contributed by atoms with E-state index < -0.39 is 11.8 Å². The van der Waals surface area contributed by atoms with Crippen LogP contribution < -0.4 is 15.6 Å². The van der Waals surface area contributed by atoms with Crippen LogP contribution in [0.5, 0.6) is 11.5 Å². The number of hydrogen-bond donors (Lipinski definition) is 3. The number of para-hydroxylation sites is 1. The molecule has 0 unspecified atom stereocenters. The molecule has 0 heterocycles. The largest absolute Gasteiger partial charge is 0.506 e. The Morgan fingerprint density at radius 2 is 1.92 bits per heavy atom. The van der Waals surface area contributed by atoms with Crippen molar-refractivity contribution < 1.29 is 19.4 Å². The lowest BCUT2D eigenvalue weighted by atomic mass is 10.1. The second-order valence-corrected chi connectivity index (χ2v) is 6.25. The van der Waals surface area contributed by atoms with Gasteiger partial charge in [-0.1, -0.05) is 25.1 Å². The Kier molecular flexibility index (Phi) is 6.41. The smallest absolute Gasteiger partial charge is 0.276 e. The van der Waals surface area contributed by atoms with E-state index in [1.807, 2.05) is 25.1 Å². The minimum Gasteiger partial charge on any atom is -0.506 e. The minimum atomic E-state index is -0.621. The van der Waals surface area contributed by atoms with Crippen LogP contribution in [0.1, 0.15) is 28.4 Å². The molecule has 6 nitrogen and oxygen atoms in total. The predicted octanol–water partition coefficient (Wildman–Crippen LogP) is 2.87. The Hall–Kier alpha value is -2.54. The SMILES string of the molecule is CCc1ccccc1OCC(=O)NNC(=O)c1cc(C)cc(Br)c1O. The highest BCUT2D eigenvalue weighted by atomic mass is 79.9. The Bertz CT molecular complexity index is 793. The normalized spacial score (nSPS) is 10.2. The highest BCUT2D eigenvalue weighted by Crippen LogP contribution is 2.29. The van der Waals surface area contributed by atoms with Crippen molar-refractivity contribution in [2.45, 2.75) is 20.3 Å². The van der Waals surface area contributed by atoms with E-state index in [0.717, 1.165) is 17.5 Å². The number of nitrogens with one attached hydrogen (secondary N) is 2. The monoisotopic (exact) mass is 406 g/mol. The third kappa shape index (κ3) is 4.96. The van der Waals surface area contributed by atoms with Crippen LogP contribution in [-0.2, 0) is 11.2 Å². The molecule has 2 aromatic rings. The molecule has 0 radical (unpaired) electrons. The number of ether oxygens (including phenoxy) is 1. The fraction of sp³-hybridized carbons (Fsp3) is 0.222. The van der Waals surface area contributed by atoms with E-state index in [9.17, 15) is 14.7 Å². The number of rotatable bonds is 5. The molecular weight excluding hydrogens is 388 g/mol. The zero-order chi connectivity index (χ0) is 18.4. The molecule has 0 aliphatic carbocycles. The molecule has 0 aliphatic heterocycles. The van der Waals surface area contributed by atoms with Crippen molar-refractivity contribution in [3.05, 3.63) is 57.6 Å². The van der Waals surface area contributed by atoms with Crippen LogP contribution in [0.15, 0.2) is 40.9 Å². The minimum absolute atomic E-state index is 0.0596. The fourth-order valence-corrected chi connectivity index (χ4v) is 2.79. The zero-order valence-electron chi connectivity index (χ0n) is 13.9. The number of benzene rings is 2. The van der Waals surface area contributed by atoms with Crippen molar-refractivity contribution >= 4 is 27.7 Å². The van der Waals surface area contributed by atoms with Gasteiger partial charge in [0, 0.05) is 0 Å². The van der Waals surface area contributed by atoms with Crippen molar-refractivity contribution in [1.82, 2.24) is 10.9 Å². The number of aromatic hydroxyl groups is 1. The van der Waals surface area contributed by atoms with Gasteiger partial charge in [0.25, 0.3) is 11.8 Å².